The summed E-state index contributed by atoms with van der Waals surface area (Å²) in [4.78, 5) is 20.9. The lowest BCUT2D eigenvalue weighted by Gasteiger charge is -2.36. The monoisotopic (exact) mass is 830 g/mol. The maximum atomic E-state index is 5.22. The maximum Gasteiger partial charge on any atom is 0.122 e. The van der Waals surface area contributed by atoms with Crippen LogP contribution in [0.3, 0.4) is 0 Å². The molecule has 4 aromatic carbocycles. The van der Waals surface area contributed by atoms with Crippen LogP contribution >= 0.6 is 0 Å². The molecule has 0 fully saturated rings. The summed E-state index contributed by atoms with van der Waals surface area (Å²) in [6.45, 7) is 5.19. The van der Waals surface area contributed by atoms with Crippen LogP contribution < -0.4 is 0 Å². The normalized spacial score (nSPS) is 15.7. The van der Waals surface area contributed by atoms with Crippen LogP contribution in [0.25, 0.3) is 43.1 Å². The highest BCUT2D eigenvalue weighted by Crippen LogP contribution is 2.61. The van der Waals surface area contributed by atoms with E-state index in [1.54, 1.807) is 0 Å². The Morgan fingerprint density at radius 3 is 0.677 bits per heavy atom. The van der Waals surface area contributed by atoms with E-state index in [1.807, 2.05) is 49.1 Å². The van der Waals surface area contributed by atoms with Crippen molar-refractivity contribution in [2.45, 2.75) is 25.2 Å². The molecule has 4 aromatic heterocycles. The van der Waals surface area contributed by atoms with Crippen molar-refractivity contribution in [1.82, 2.24) is 19.9 Å². The highest BCUT2D eigenvalue weighted by atomic mass is 28.3. The van der Waals surface area contributed by atoms with Gasteiger partial charge in [0.2, 0.25) is 0 Å². The third-order valence-electron chi connectivity index (χ3n) is 12.8. The molecule has 0 saturated carbocycles. The summed E-state index contributed by atoms with van der Waals surface area (Å²) < 4.78 is 0. The number of aromatic nitrogens is 4. The van der Waals surface area contributed by atoms with E-state index in [9.17, 15) is 0 Å². The fourth-order valence-electron chi connectivity index (χ4n) is 10.1. The molecule has 10 rings (SSSR count). The van der Waals surface area contributed by atoms with Crippen LogP contribution in [-0.2, 0) is 0 Å². The van der Waals surface area contributed by atoms with Gasteiger partial charge in [-0.05, 0) is 114 Å². The van der Waals surface area contributed by atoms with Gasteiger partial charge in [0.25, 0.3) is 0 Å². The molecule has 4 nitrogen and oxygen atoms in total. The first-order valence-corrected chi connectivity index (χ1v) is 26.8. The smallest absolute Gasteiger partial charge is 0.122 e. The fraction of sp³-hybridized carbons (Fsp3) is 0.0714. The fourth-order valence-corrected chi connectivity index (χ4v) is 21.8. The predicted octanol–water partition coefficient (Wildman–Crippen LogP) is 13.4. The second-order valence-electron chi connectivity index (χ2n) is 16.5. The summed E-state index contributed by atoms with van der Waals surface area (Å²) >= 11 is 0. The average Bonchev–Trinajstić information content (AvgIpc) is 3.79. The zero-order valence-electron chi connectivity index (χ0n) is 35.0. The van der Waals surface area contributed by atoms with E-state index in [4.69, 9.17) is 19.9 Å². The molecule has 0 unspecified atom stereocenters. The molecule has 298 valence electrons. The first-order chi connectivity index (χ1) is 30.6. The van der Waals surface area contributed by atoms with Gasteiger partial charge in [0.15, 0.2) is 0 Å². The Morgan fingerprint density at radius 1 is 0.274 bits per heavy atom. The summed E-state index contributed by atoms with van der Waals surface area (Å²) in [5.41, 5.74) is 14.0. The molecule has 0 N–H and O–H groups in total. The number of rotatable bonds is 11. The molecule has 0 bridgehead atoms. The molecule has 0 saturated heterocycles. The molecule has 0 spiro atoms. The van der Waals surface area contributed by atoms with Crippen molar-refractivity contribution in [2.24, 2.45) is 0 Å². The van der Waals surface area contributed by atoms with Crippen LogP contribution in [0, 0.1) is 0 Å². The second-order valence-corrected chi connectivity index (χ2v) is 24.8. The van der Waals surface area contributed by atoms with Crippen molar-refractivity contribution in [3.8, 4) is 0 Å². The lowest BCUT2D eigenvalue weighted by molar-refractivity contribution is 1.25. The molecular weight excluding hydrogens is 785 g/mol. The van der Waals surface area contributed by atoms with Crippen molar-refractivity contribution in [1.29, 1.82) is 0 Å². The highest BCUT2D eigenvalue weighted by molar-refractivity contribution is 7.17. The van der Waals surface area contributed by atoms with Crippen LogP contribution in [0.2, 0.25) is 25.2 Å². The van der Waals surface area contributed by atoms with Gasteiger partial charge in [0.1, 0.15) is 16.1 Å². The van der Waals surface area contributed by atoms with E-state index in [2.05, 4.69) is 183 Å². The van der Waals surface area contributed by atoms with Crippen LogP contribution in [0.5, 0.6) is 0 Å². The Morgan fingerprint density at radius 2 is 0.484 bits per heavy atom. The Balaban J connectivity index is 1.29. The predicted molar refractivity (Wildman–Crippen MR) is 263 cm³/mol. The van der Waals surface area contributed by atoms with Crippen molar-refractivity contribution in [3.63, 3.8) is 0 Å². The average molecular weight is 831 g/mol. The SMILES string of the molecule is C[Si]1(CC[Si]2(C)C(c3ccccn3)=C(c3ccccc3)C(c3ccccc3)=C2c2ccccn2)C(c2ccccn2)=C(c2ccccc2)C(c2ccccc2)=C1c1ccccn1. The quantitative estimate of drug-likeness (QED) is 0.122. The Labute approximate surface area is 366 Å². The van der Waals surface area contributed by atoms with Crippen LogP contribution in [0.1, 0.15) is 45.0 Å². The van der Waals surface area contributed by atoms with Gasteiger partial charge in [-0.15, -0.1) is 0 Å². The molecule has 0 radical (unpaired) electrons. The molecular formula is C56H46N4Si2. The summed E-state index contributed by atoms with van der Waals surface area (Å²) in [6.07, 6.45) is 7.82. The van der Waals surface area contributed by atoms with Gasteiger partial charge in [0, 0.05) is 24.8 Å². The first kappa shape index (κ1) is 39.0. The van der Waals surface area contributed by atoms with Gasteiger partial charge in [-0.3, -0.25) is 19.9 Å². The number of benzene rings is 4. The number of pyridine rings is 4. The van der Waals surface area contributed by atoms with Gasteiger partial charge >= 0.3 is 0 Å². The molecule has 2 aliphatic heterocycles. The van der Waals surface area contributed by atoms with Crippen molar-refractivity contribution >= 4 is 59.2 Å². The highest BCUT2D eigenvalue weighted by Gasteiger charge is 2.53. The lowest BCUT2D eigenvalue weighted by Crippen LogP contribution is -2.40. The van der Waals surface area contributed by atoms with E-state index in [0.717, 1.165) is 34.9 Å². The van der Waals surface area contributed by atoms with Crippen molar-refractivity contribution in [2.75, 3.05) is 0 Å². The van der Waals surface area contributed by atoms with Gasteiger partial charge in [0.05, 0.1) is 22.8 Å². The van der Waals surface area contributed by atoms with Gasteiger partial charge in [-0.25, -0.2) is 0 Å². The molecule has 0 amide bonds. The lowest BCUT2D eigenvalue weighted by atomic mass is 9.90. The second kappa shape index (κ2) is 16.7. The van der Waals surface area contributed by atoms with E-state index in [1.165, 1.54) is 65.3 Å². The molecule has 62 heavy (non-hydrogen) atoms. The maximum absolute atomic E-state index is 5.22. The van der Waals surface area contributed by atoms with E-state index < -0.39 is 16.1 Å². The van der Waals surface area contributed by atoms with Gasteiger partial charge in [-0.1, -0.05) is 171 Å². The summed E-state index contributed by atoms with van der Waals surface area (Å²) in [5, 5.41) is 5.44. The minimum Gasteiger partial charge on any atom is -0.257 e. The van der Waals surface area contributed by atoms with E-state index >= 15 is 0 Å². The zero-order chi connectivity index (χ0) is 41.9. The number of nitrogens with zero attached hydrogens (tertiary/aromatic N) is 4. The van der Waals surface area contributed by atoms with Crippen molar-refractivity contribution < 1.29 is 0 Å². The largest absolute Gasteiger partial charge is 0.257 e. The summed E-state index contributed by atoms with van der Waals surface area (Å²) in [7, 11) is -5.63. The summed E-state index contributed by atoms with van der Waals surface area (Å²) in [5.74, 6) is 0. The molecule has 0 atom stereocenters. The first-order valence-electron chi connectivity index (χ1n) is 21.4. The molecule has 0 aliphatic carbocycles. The topological polar surface area (TPSA) is 51.6 Å². The van der Waals surface area contributed by atoms with Crippen LogP contribution in [0.4, 0.5) is 0 Å². The van der Waals surface area contributed by atoms with E-state index in [0.29, 0.717) is 0 Å². The molecule has 6 heterocycles. The standard InChI is InChI=1S/C56H46N4Si2/c1-61(53(45-31-15-19-35-57-45)49(41-23-7-3-8-24-41)50(42-25-9-4-10-26-42)54(61)46-32-16-20-36-58-46)39-40-62(2)55(47-33-17-21-37-59-47)51(43-27-11-5-12-28-43)52(44-29-13-6-14-30-44)56(62)48-34-18-22-38-60-48/h3-38H,39-40H2,1-2H3. The minimum absolute atomic E-state index is 0.955. The third kappa shape index (κ3) is 6.87. The summed E-state index contributed by atoms with van der Waals surface area (Å²) in [6, 6.07) is 71.4. The Kier molecular flexibility index (Phi) is 10.5. The number of hydrogen-bond donors (Lipinski definition) is 0. The minimum atomic E-state index is -2.81. The Hall–Kier alpha value is -7.13. The van der Waals surface area contributed by atoms with Crippen LogP contribution in [-0.4, -0.2) is 36.1 Å². The zero-order valence-corrected chi connectivity index (χ0v) is 37.0. The van der Waals surface area contributed by atoms with Crippen molar-refractivity contribution in [3.05, 3.63) is 264 Å². The van der Waals surface area contributed by atoms with Gasteiger partial charge in [-0.2, -0.15) is 0 Å². The Bertz CT molecular complexity index is 2570. The van der Waals surface area contributed by atoms with Gasteiger partial charge < -0.3 is 0 Å². The molecule has 6 heteroatoms. The number of allylic oxidation sites excluding steroid dienone is 4. The van der Waals surface area contributed by atoms with Crippen LogP contribution in [0.15, 0.2) is 219 Å². The third-order valence-corrected chi connectivity index (χ3v) is 22.2. The van der Waals surface area contributed by atoms with E-state index in [-0.39, 0.29) is 0 Å². The molecule has 2 aliphatic rings. The molecule has 8 aromatic rings. The number of hydrogen-bond acceptors (Lipinski definition) is 4.